The van der Waals surface area contributed by atoms with Crippen LogP contribution in [0.3, 0.4) is 0 Å². The van der Waals surface area contributed by atoms with E-state index >= 15 is 0 Å². The highest BCUT2D eigenvalue weighted by molar-refractivity contribution is 7.91. The van der Waals surface area contributed by atoms with Gasteiger partial charge in [0.05, 0.1) is 41.9 Å². The molecule has 2 unspecified atom stereocenters. The van der Waals surface area contributed by atoms with Crippen molar-refractivity contribution in [2.75, 3.05) is 37.0 Å². The highest BCUT2D eigenvalue weighted by Crippen LogP contribution is 2.47. The molecular weight excluding hydrogens is 654 g/mol. The first kappa shape index (κ1) is 33.3. The molecule has 0 radical (unpaired) electrons. The number of aromatic nitrogens is 2. The Morgan fingerprint density at radius 2 is 2.00 bits per heavy atom. The standard InChI is InChI=1S/C36H42ClN3O7S/c1-23(20-48(43,44)35-38-13-3-14-39-35)47-28-11-15-45-33(18-28)29-8-5-26(29)19-40-21-36(12-2-4-24-16-27(37)7-9-30(24)36)22-46-32-10-6-25(34(41)42)17-31(32)40/h3,6-7,9-10,13-14,16-17,23,26,28-29,33H,2,4-5,8,11-12,15,18-22H2,1H3,(H,41,42)/t23?,26-,28+,29+,33+,36?/m0/s1. The summed E-state index contributed by atoms with van der Waals surface area (Å²) in [6.45, 7) is 4.33. The lowest BCUT2D eigenvalue weighted by Crippen LogP contribution is -2.51. The monoisotopic (exact) mass is 695 g/mol. The summed E-state index contributed by atoms with van der Waals surface area (Å²) in [7, 11) is -3.66. The highest BCUT2D eigenvalue weighted by Gasteiger charge is 2.45. The van der Waals surface area contributed by atoms with Crippen molar-refractivity contribution < 1.29 is 32.5 Å². The number of anilines is 1. The first-order valence-electron chi connectivity index (χ1n) is 16.9. The molecule has 2 aliphatic heterocycles. The van der Waals surface area contributed by atoms with Gasteiger partial charge in [0, 0.05) is 48.9 Å². The Hall–Kier alpha value is -3.25. The van der Waals surface area contributed by atoms with Gasteiger partial charge in [-0.05, 0) is 105 Å². The molecule has 2 aromatic carbocycles. The number of halogens is 1. The SMILES string of the molecule is CC(CS(=O)(=O)c1ncccn1)O[C@@H]1CCO[C@@H]([C@@H]2CC[C@H]2CN2CC3(CCCc4cc(Cl)ccc43)COc3ccc(C(=O)O)cc32)C1. The zero-order valence-corrected chi connectivity index (χ0v) is 28.7. The Balaban J connectivity index is 1.08. The van der Waals surface area contributed by atoms with E-state index in [-0.39, 0.29) is 34.1 Å². The van der Waals surface area contributed by atoms with Gasteiger partial charge in [-0.15, -0.1) is 0 Å². The van der Waals surface area contributed by atoms with Gasteiger partial charge < -0.3 is 24.2 Å². The zero-order valence-electron chi connectivity index (χ0n) is 27.1. The number of nitrogens with zero attached hydrogens (tertiary/aromatic N) is 3. The summed E-state index contributed by atoms with van der Waals surface area (Å²) in [6.07, 6.45) is 8.72. The number of rotatable bonds is 9. The molecule has 2 aliphatic carbocycles. The van der Waals surface area contributed by atoms with E-state index in [1.54, 1.807) is 31.2 Å². The van der Waals surface area contributed by atoms with Crippen LogP contribution < -0.4 is 9.64 Å². The predicted molar refractivity (Wildman–Crippen MR) is 181 cm³/mol. The first-order chi connectivity index (χ1) is 23.1. The molecule has 2 fully saturated rings. The fourth-order valence-corrected chi connectivity index (χ4v) is 9.74. The van der Waals surface area contributed by atoms with Crippen molar-refractivity contribution in [1.82, 2.24) is 9.97 Å². The van der Waals surface area contributed by atoms with E-state index in [0.29, 0.717) is 43.6 Å². The van der Waals surface area contributed by atoms with Gasteiger partial charge in [0.1, 0.15) is 5.75 Å². The summed E-state index contributed by atoms with van der Waals surface area (Å²) in [5.74, 6) is 0.219. The number of carboxylic acids is 1. The van der Waals surface area contributed by atoms with E-state index in [1.165, 1.54) is 23.5 Å². The maximum absolute atomic E-state index is 12.8. The van der Waals surface area contributed by atoms with Crippen LogP contribution in [0.5, 0.6) is 5.75 Å². The second-order valence-corrected chi connectivity index (χ2v) is 16.3. The van der Waals surface area contributed by atoms with Crippen LogP contribution in [-0.4, -0.2) is 79.8 Å². The molecule has 1 aromatic heterocycles. The summed E-state index contributed by atoms with van der Waals surface area (Å²) in [4.78, 5) is 22.2. The van der Waals surface area contributed by atoms with Crippen molar-refractivity contribution in [3.8, 4) is 5.75 Å². The Labute approximate surface area is 286 Å². The van der Waals surface area contributed by atoms with E-state index in [0.717, 1.165) is 55.9 Å². The molecule has 3 aromatic rings. The number of aryl methyl sites for hydroxylation is 1. The number of ether oxygens (including phenoxy) is 3. The molecule has 1 saturated heterocycles. The summed E-state index contributed by atoms with van der Waals surface area (Å²) >= 11 is 6.41. The van der Waals surface area contributed by atoms with Crippen LogP contribution in [-0.2, 0) is 31.1 Å². The molecule has 3 heterocycles. The maximum atomic E-state index is 12.8. The Bertz CT molecular complexity index is 1760. The first-order valence-corrected chi connectivity index (χ1v) is 18.9. The zero-order chi connectivity index (χ0) is 33.5. The fourth-order valence-electron chi connectivity index (χ4n) is 8.26. The largest absolute Gasteiger partial charge is 0.490 e. The number of carboxylic acid groups (broad SMARTS) is 1. The average molecular weight is 696 g/mol. The molecule has 7 rings (SSSR count). The maximum Gasteiger partial charge on any atom is 0.335 e. The van der Waals surface area contributed by atoms with Gasteiger partial charge in [0.2, 0.25) is 15.0 Å². The Morgan fingerprint density at radius 3 is 2.77 bits per heavy atom. The third-order valence-electron chi connectivity index (χ3n) is 10.7. The molecule has 4 aliphatic rings. The van der Waals surface area contributed by atoms with E-state index in [9.17, 15) is 18.3 Å². The molecular formula is C36H42ClN3O7S. The molecule has 1 spiro atoms. The summed E-state index contributed by atoms with van der Waals surface area (Å²) in [5.41, 5.74) is 3.34. The molecule has 12 heteroatoms. The van der Waals surface area contributed by atoms with Crippen LogP contribution in [0, 0.1) is 11.8 Å². The third kappa shape index (κ3) is 6.79. The molecule has 48 heavy (non-hydrogen) atoms. The molecule has 256 valence electrons. The minimum absolute atomic E-state index is 0.00308. The van der Waals surface area contributed by atoms with Crippen LogP contribution in [0.4, 0.5) is 5.69 Å². The van der Waals surface area contributed by atoms with Crippen molar-refractivity contribution in [2.45, 2.75) is 80.8 Å². The molecule has 0 amide bonds. The van der Waals surface area contributed by atoms with Crippen molar-refractivity contribution in [1.29, 1.82) is 0 Å². The van der Waals surface area contributed by atoms with Crippen molar-refractivity contribution in [3.05, 3.63) is 76.6 Å². The molecule has 1 saturated carbocycles. The third-order valence-corrected chi connectivity index (χ3v) is 12.6. The van der Waals surface area contributed by atoms with E-state index < -0.39 is 21.9 Å². The predicted octanol–water partition coefficient (Wildman–Crippen LogP) is 5.75. The van der Waals surface area contributed by atoms with E-state index in [1.807, 2.05) is 6.07 Å². The number of benzene rings is 2. The number of sulfone groups is 1. The van der Waals surface area contributed by atoms with Crippen LogP contribution >= 0.6 is 11.6 Å². The Morgan fingerprint density at radius 1 is 1.17 bits per heavy atom. The topological polar surface area (TPSA) is 128 Å². The fraction of sp³-hybridized carbons (Fsp3) is 0.528. The number of hydrogen-bond donors (Lipinski definition) is 1. The molecule has 6 atom stereocenters. The average Bonchev–Trinajstić information content (AvgIpc) is 3.20. The van der Waals surface area contributed by atoms with Crippen molar-refractivity contribution in [2.24, 2.45) is 11.8 Å². The summed E-state index contributed by atoms with van der Waals surface area (Å²) in [6, 6.07) is 13.0. The highest BCUT2D eigenvalue weighted by atomic mass is 35.5. The van der Waals surface area contributed by atoms with Crippen molar-refractivity contribution >= 4 is 33.1 Å². The van der Waals surface area contributed by atoms with Gasteiger partial charge in [0.25, 0.3) is 0 Å². The number of carbonyl (C=O) groups is 1. The molecule has 1 N–H and O–H groups in total. The minimum atomic E-state index is -3.66. The lowest BCUT2D eigenvalue weighted by atomic mass is 9.67. The van der Waals surface area contributed by atoms with Crippen LogP contribution in [0.25, 0.3) is 0 Å². The minimum Gasteiger partial charge on any atom is -0.490 e. The quantitative estimate of drug-likeness (QED) is 0.276. The number of aromatic carboxylic acids is 1. The molecule has 0 bridgehead atoms. The van der Waals surface area contributed by atoms with E-state index in [4.69, 9.17) is 25.8 Å². The van der Waals surface area contributed by atoms with Crippen molar-refractivity contribution in [3.63, 3.8) is 0 Å². The lowest BCUT2D eigenvalue weighted by Gasteiger charge is -2.48. The summed E-state index contributed by atoms with van der Waals surface area (Å²) < 4.78 is 44.8. The second-order valence-electron chi connectivity index (χ2n) is 13.9. The van der Waals surface area contributed by atoms with Crippen LogP contribution in [0.2, 0.25) is 5.02 Å². The lowest BCUT2D eigenvalue weighted by molar-refractivity contribution is -0.126. The van der Waals surface area contributed by atoms with Gasteiger partial charge in [-0.1, -0.05) is 17.7 Å². The van der Waals surface area contributed by atoms with Gasteiger partial charge in [-0.3, -0.25) is 0 Å². The van der Waals surface area contributed by atoms with E-state index in [2.05, 4.69) is 27.0 Å². The summed E-state index contributed by atoms with van der Waals surface area (Å²) in [5, 5.41) is 10.4. The normalized spacial score (nSPS) is 27.6. The molecule has 10 nitrogen and oxygen atoms in total. The van der Waals surface area contributed by atoms with Gasteiger partial charge >= 0.3 is 5.97 Å². The Kier molecular flexibility index (Phi) is 9.40. The number of fused-ring (bicyclic) bond motifs is 3. The second kappa shape index (κ2) is 13.6. The number of hydrogen-bond acceptors (Lipinski definition) is 9. The van der Waals surface area contributed by atoms with Gasteiger partial charge in [0.15, 0.2) is 0 Å². The van der Waals surface area contributed by atoms with Crippen LogP contribution in [0.1, 0.15) is 66.9 Å². The van der Waals surface area contributed by atoms with Gasteiger partial charge in [-0.25, -0.2) is 23.2 Å². The van der Waals surface area contributed by atoms with Crippen LogP contribution in [0.15, 0.2) is 60.0 Å². The smallest absolute Gasteiger partial charge is 0.335 e. The van der Waals surface area contributed by atoms with Gasteiger partial charge in [-0.2, -0.15) is 0 Å².